The second-order valence-electron chi connectivity index (χ2n) is 5.10. The zero-order valence-electron chi connectivity index (χ0n) is 10.7. The summed E-state index contributed by atoms with van der Waals surface area (Å²) < 4.78 is 6.04. The number of aromatic nitrogens is 1. The molecule has 1 heterocycles. The maximum absolute atomic E-state index is 9.61. The number of fused-ring (bicyclic) bond motifs is 1. The van der Waals surface area contributed by atoms with Gasteiger partial charge < -0.3 is 15.6 Å². The molecule has 1 aromatic heterocycles. The van der Waals surface area contributed by atoms with Crippen LogP contribution in [0.25, 0.3) is 10.8 Å². The number of hydrogen-bond donors (Lipinski definition) is 2. The molecule has 0 radical (unpaired) electrons. The summed E-state index contributed by atoms with van der Waals surface area (Å²) in [7, 11) is 0. The molecule has 0 bridgehead atoms. The summed E-state index contributed by atoms with van der Waals surface area (Å²) >= 11 is 0. The summed E-state index contributed by atoms with van der Waals surface area (Å²) in [6, 6.07) is 7.15. The number of phenolic OH excluding ortho intramolecular Hbond substituents is 1. The SMILES string of the molecule is NCC1CCCC1Oc1nccc2ccc(O)cc12. The highest BCUT2D eigenvalue weighted by Crippen LogP contribution is 2.32. The number of nitrogens with two attached hydrogens (primary N) is 1. The molecule has 0 amide bonds. The molecule has 0 spiro atoms. The van der Waals surface area contributed by atoms with Crippen LogP contribution < -0.4 is 10.5 Å². The van der Waals surface area contributed by atoms with Crippen LogP contribution in [0.5, 0.6) is 11.6 Å². The topological polar surface area (TPSA) is 68.4 Å². The Kier molecular flexibility index (Phi) is 3.25. The van der Waals surface area contributed by atoms with Crippen LogP contribution >= 0.6 is 0 Å². The highest BCUT2D eigenvalue weighted by molar-refractivity contribution is 5.87. The van der Waals surface area contributed by atoms with Crippen LogP contribution in [0.2, 0.25) is 0 Å². The molecule has 0 saturated heterocycles. The largest absolute Gasteiger partial charge is 0.508 e. The van der Waals surface area contributed by atoms with Crippen LogP contribution in [0.1, 0.15) is 19.3 Å². The van der Waals surface area contributed by atoms with Crippen LogP contribution in [-0.4, -0.2) is 22.7 Å². The lowest BCUT2D eigenvalue weighted by Gasteiger charge is -2.20. The Hall–Kier alpha value is -1.81. The molecule has 1 aliphatic carbocycles. The molecule has 4 heteroatoms. The van der Waals surface area contributed by atoms with Crippen LogP contribution in [0.15, 0.2) is 30.5 Å². The zero-order chi connectivity index (χ0) is 13.2. The molecule has 1 saturated carbocycles. The van der Waals surface area contributed by atoms with Gasteiger partial charge in [0.2, 0.25) is 5.88 Å². The van der Waals surface area contributed by atoms with E-state index in [1.807, 2.05) is 12.1 Å². The minimum absolute atomic E-state index is 0.144. The molecule has 2 atom stereocenters. The highest BCUT2D eigenvalue weighted by Gasteiger charge is 2.28. The molecule has 2 unspecified atom stereocenters. The second kappa shape index (κ2) is 5.05. The van der Waals surface area contributed by atoms with Crippen molar-refractivity contribution in [3.8, 4) is 11.6 Å². The van der Waals surface area contributed by atoms with Crippen LogP contribution in [0.3, 0.4) is 0 Å². The van der Waals surface area contributed by atoms with E-state index in [9.17, 15) is 5.11 Å². The van der Waals surface area contributed by atoms with Gasteiger partial charge in [0.15, 0.2) is 0 Å². The number of hydrogen-bond acceptors (Lipinski definition) is 4. The van der Waals surface area contributed by atoms with Gasteiger partial charge in [0, 0.05) is 17.5 Å². The molecule has 1 aromatic carbocycles. The van der Waals surface area contributed by atoms with Crippen molar-refractivity contribution in [1.29, 1.82) is 0 Å². The fraction of sp³-hybridized carbons (Fsp3) is 0.400. The van der Waals surface area contributed by atoms with E-state index in [4.69, 9.17) is 10.5 Å². The van der Waals surface area contributed by atoms with Crippen LogP contribution in [-0.2, 0) is 0 Å². The molecule has 2 aromatic rings. The van der Waals surface area contributed by atoms with Crippen molar-refractivity contribution in [1.82, 2.24) is 4.98 Å². The Morgan fingerprint density at radius 2 is 2.21 bits per heavy atom. The van der Waals surface area contributed by atoms with Crippen molar-refractivity contribution in [2.45, 2.75) is 25.4 Å². The molecular weight excluding hydrogens is 240 g/mol. The van der Waals surface area contributed by atoms with Gasteiger partial charge in [-0.15, -0.1) is 0 Å². The Morgan fingerprint density at radius 3 is 3.05 bits per heavy atom. The van der Waals surface area contributed by atoms with E-state index in [2.05, 4.69) is 4.98 Å². The number of benzene rings is 1. The minimum atomic E-state index is 0.144. The Balaban J connectivity index is 1.94. The monoisotopic (exact) mass is 258 g/mol. The first-order valence-corrected chi connectivity index (χ1v) is 6.72. The average molecular weight is 258 g/mol. The van der Waals surface area contributed by atoms with E-state index in [1.165, 1.54) is 0 Å². The molecule has 3 rings (SSSR count). The number of ether oxygens (including phenoxy) is 1. The Morgan fingerprint density at radius 1 is 1.32 bits per heavy atom. The van der Waals surface area contributed by atoms with Gasteiger partial charge in [-0.25, -0.2) is 4.98 Å². The first-order valence-electron chi connectivity index (χ1n) is 6.72. The van der Waals surface area contributed by atoms with Gasteiger partial charge in [-0.05, 0) is 49.4 Å². The smallest absolute Gasteiger partial charge is 0.221 e. The van der Waals surface area contributed by atoms with Crippen molar-refractivity contribution in [2.24, 2.45) is 11.7 Å². The maximum atomic E-state index is 9.61. The number of aromatic hydroxyl groups is 1. The van der Waals surface area contributed by atoms with E-state index >= 15 is 0 Å². The molecule has 1 aliphatic rings. The van der Waals surface area contributed by atoms with E-state index < -0.39 is 0 Å². The van der Waals surface area contributed by atoms with Crippen molar-refractivity contribution in [3.05, 3.63) is 30.5 Å². The Labute approximate surface area is 112 Å². The number of nitrogens with zero attached hydrogens (tertiary/aromatic N) is 1. The molecule has 1 fully saturated rings. The standard InChI is InChI=1S/C15H18N2O2/c16-9-11-2-1-3-14(11)19-15-13-8-12(18)5-4-10(13)6-7-17-15/h4-8,11,14,18H,1-3,9,16H2. The lowest BCUT2D eigenvalue weighted by molar-refractivity contribution is 0.158. The van der Waals surface area contributed by atoms with E-state index in [-0.39, 0.29) is 11.9 Å². The van der Waals surface area contributed by atoms with Gasteiger partial charge in [0.05, 0.1) is 0 Å². The first-order chi connectivity index (χ1) is 9.28. The van der Waals surface area contributed by atoms with Crippen LogP contribution in [0.4, 0.5) is 0 Å². The zero-order valence-corrected chi connectivity index (χ0v) is 10.7. The van der Waals surface area contributed by atoms with Gasteiger partial charge >= 0.3 is 0 Å². The predicted octanol–water partition coefficient (Wildman–Crippen LogP) is 2.45. The molecule has 3 N–H and O–H groups in total. The van der Waals surface area contributed by atoms with Gasteiger partial charge in [0.1, 0.15) is 11.9 Å². The lowest BCUT2D eigenvalue weighted by atomic mass is 10.1. The fourth-order valence-corrected chi connectivity index (χ4v) is 2.79. The first kappa shape index (κ1) is 12.2. The third kappa shape index (κ3) is 2.36. The van der Waals surface area contributed by atoms with Crippen molar-refractivity contribution >= 4 is 10.8 Å². The number of rotatable bonds is 3. The molecule has 19 heavy (non-hydrogen) atoms. The minimum Gasteiger partial charge on any atom is -0.508 e. The van der Waals surface area contributed by atoms with Crippen molar-refractivity contribution in [3.63, 3.8) is 0 Å². The lowest BCUT2D eigenvalue weighted by Crippen LogP contribution is -2.28. The summed E-state index contributed by atoms with van der Waals surface area (Å²) in [5, 5.41) is 11.5. The summed E-state index contributed by atoms with van der Waals surface area (Å²) in [5.74, 6) is 1.24. The van der Waals surface area contributed by atoms with Gasteiger partial charge in [-0.2, -0.15) is 0 Å². The van der Waals surface area contributed by atoms with E-state index in [0.29, 0.717) is 18.3 Å². The van der Waals surface area contributed by atoms with Crippen molar-refractivity contribution < 1.29 is 9.84 Å². The molecule has 4 nitrogen and oxygen atoms in total. The maximum Gasteiger partial charge on any atom is 0.221 e. The second-order valence-corrected chi connectivity index (χ2v) is 5.10. The van der Waals surface area contributed by atoms with Gasteiger partial charge in [-0.3, -0.25) is 0 Å². The van der Waals surface area contributed by atoms with E-state index in [1.54, 1.807) is 18.3 Å². The van der Waals surface area contributed by atoms with Gasteiger partial charge in [-0.1, -0.05) is 6.07 Å². The fourth-order valence-electron chi connectivity index (χ4n) is 2.79. The quantitative estimate of drug-likeness (QED) is 0.887. The average Bonchev–Trinajstić information content (AvgIpc) is 2.87. The predicted molar refractivity (Wildman–Crippen MR) is 74.2 cm³/mol. The summed E-state index contributed by atoms with van der Waals surface area (Å²) in [4.78, 5) is 4.31. The number of pyridine rings is 1. The summed E-state index contributed by atoms with van der Waals surface area (Å²) in [6.07, 6.45) is 5.19. The molecule has 0 aliphatic heterocycles. The number of phenols is 1. The normalized spacial score (nSPS) is 22.8. The van der Waals surface area contributed by atoms with E-state index in [0.717, 1.165) is 30.0 Å². The van der Waals surface area contributed by atoms with Crippen LogP contribution in [0, 0.1) is 5.92 Å². The molecule has 100 valence electrons. The van der Waals surface area contributed by atoms with Crippen molar-refractivity contribution in [2.75, 3.05) is 6.54 Å². The molecular formula is C15H18N2O2. The third-order valence-corrected chi connectivity index (χ3v) is 3.87. The Bertz CT molecular complexity index is 585. The highest BCUT2D eigenvalue weighted by atomic mass is 16.5. The summed E-state index contributed by atoms with van der Waals surface area (Å²) in [5.41, 5.74) is 5.77. The third-order valence-electron chi connectivity index (χ3n) is 3.87. The van der Waals surface area contributed by atoms with Gasteiger partial charge in [0.25, 0.3) is 0 Å². The summed E-state index contributed by atoms with van der Waals surface area (Å²) in [6.45, 7) is 0.653.